The molecule has 2 saturated carbocycles. The molecule has 0 spiro atoms. The maximum absolute atomic E-state index is 12.8. The first-order valence-electron chi connectivity index (χ1n) is 7.92. The Morgan fingerprint density at radius 3 is 2.25 bits per heavy atom. The first-order chi connectivity index (χ1) is 9.39. The van der Waals surface area contributed by atoms with Crippen LogP contribution in [0.5, 0.6) is 0 Å². The highest BCUT2D eigenvalue weighted by molar-refractivity contribution is 4.87. The lowest BCUT2D eigenvalue weighted by atomic mass is 9.84. The Kier molecular flexibility index (Phi) is 5.35. The normalized spacial score (nSPS) is 31.8. The molecule has 2 fully saturated rings. The Balaban J connectivity index is 1.81. The third-order valence-electron chi connectivity index (χ3n) is 4.89. The molecule has 0 heterocycles. The summed E-state index contributed by atoms with van der Waals surface area (Å²) in [6.07, 6.45) is 3.67. The summed E-state index contributed by atoms with van der Waals surface area (Å²) in [5.41, 5.74) is -0.707. The molecule has 5 heteroatoms. The molecule has 118 valence electrons. The monoisotopic (exact) mass is 293 g/mol. The van der Waals surface area contributed by atoms with Crippen LogP contribution in [0, 0.1) is 5.92 Å². The molecule has 0 aromatic rings. The molecule has 0 aromatic carbocycles. The third-order valence-corrected chi connectivity index (χ3v) is 4.89. The summed E-state index contributed by atoms with van der Waals surface area (Å²) in [6, 6.07) is -0.0948. The summed E-state index contributed by atoms with van der Waals surface area (Å²) >= 11 is 0. The number of aliphatic hydroxyl groups is 1. The largest absolute Gasteiger partial charge is 0.391 e. The fraction of sp³-hybridized carbons (Fsp3) is 1.00. The molecule has 2 rings (SSSR count). The minimum absolute atomic E-state index is 0.0948. The van der Waals surface area contributed by atoms with E-state index in [4.69, 9.17) is 0 Å². The fourth-order valence-corrected chi connectivity index (χ4v) is 3.57. The first kappa shape index (κ1) is 16.1. The molecule has 0 aliphatic heterocycles. The standard InChI is InChI=1S/C15H26F3NO/c16-15(17,18)12-6-5-7-13(10-12)19-11-14(20)8-3-1-2-4-9-14/h12-13,19-20H,1-11H2. The number of alkyl halides is 3. The maximum atomic E-state index is 12.8. The lowest BCUT2D eigenvalue weighted by molar-refractivity contribution is -0.183. The summed E-state index contributed by atoms with van der Waals surface area (Å²) in [5, 5.41) is 13.7. The van der Waals surface area contributed by atoms with E-state index in [-0.39, 0.29) is 18.9 Å². The van der Waals surface area contributed by atoms with E-state index in [1.165, 1.54) is 0 Å². The SMILES string of the molecule is OC1(CNC2CCCC(C(F)(F)F)C2)CCCCCC1. The van der Waals surface area contributed by atoms with Gasteiger partial charge in [0, 0.05) is 12.6 Å². The highest BCUT2D eigenvalue weighted by atomic mass is 19.4. The van der Waals surface area contributed by atoms with Crippen molar-refractivity contribution in [3.05, 3.63) is 0 Å². The maximum Gasteiger partial charge on any atom is 0.391 e. The molecular weight excluding hydrogens is 267 g/mol. The van der Waals surface area contributed by atoms with Crippen LogP contribution in [0.25, 0.3) is 0 Å². The van der Waals surface area contributed by atoms with Crippen molar-refractivity contribution in [1.82, 2.24) is 5.32 Å². The van der Waals surface area contributed by atoms with Crippen molar-refractivity contribution in [2.75, 3.05) is 6.54 Å². The van der Waals surface area contributed by atoms with Crippen LogP contribution < -0.4 is 5.32 Å². The fourth-order valence-electron chi connectivity index (χ4n) is 3.57. The molecule has 2 nitrogen and oxygen atoms in total. The van der Waals surface area contributed by atoms with Gasteiger partial charge in [-0.25, -0.2) is 0 Å². The summed E-state index contributed by atoms with van der Waals surface area (Å²) in [5.74, 6) is -1.17. The molecule has 2 unspecified atom stereocenters. The first-order valence-corrected chi connectivity index (χ1v) is 7.92. The Morgan fingerprint density at radius 1 is 1.00 bits per heavy atom. The average molecular weight is 293 g/mol. The van der Waals surface area contributed by atoms with Crippen LogP contribution in [0.2, 0.25) is 0 Å². The molecule has 0 aromatic heterocycles. The highest BCUT2D eigenvalue weighted by Gasteiger charge is 2.42. The quantitative estimate of drug-likeness (QED) is 0.776. The van der Waals surface area contributed by atoms with Gasteiger partial charge in [0.1, 0.15) is 0 Å². The van der Waals surface area contributed by atoms with E-state index < -0.39 is 17.7 Å². The number of hydrogen-bond donors (Lipinski definition) is 2. The molecule has 20 heavy (non-hydrogen) atoms. The second-order valence-electron chi connectivity index (χ2n) is 6.62. The van der Waals surface area contributed by atoms with Crippen molar-refractivity contribution in [1.29, 1.82) is 0 Å². The van der Waals surface area contributed by atoms with Gasteiger partial charge in [0.15, 0.2) is 0 Å². The summed E-state index contributed by atoms with van der Waals surface area (Å²) in [4.78, 5) is 0. The molecule has 2 atom stereocenters. The smallest absolute Gasteiger partial charge is 0.389 e. The minimum Gasteiger partial charge on any atom is -0.389 e. The molecular formula is C15H26F3NO. The molecule has 0 saturated heterocycles. The average Bonchev–Trinajstić information content (AvgIpc) is 2.61. The highest BCUT2D eigenvalue weighted by Crippen LogP contribution is 2.37. The van der Waals surface area contributed by atoms with E-state index in [9.17, 15) is 18.3 Å². The van der Waals surface area contributed by atoms with Crippen LogP contribution in [0.4, 0.5) is 13.2 Å². The zero-order valence-corrected chi connectivity index (χ0v) is 12.0. The van der Waals surface area contributed by atoms with E-state index in [1.54, 1.807) is 0 Å². The molecule has 0 amide bonds. The lowest BCUT2D eigenvalue weighted by Crippen LogP contribution is -2.46. The lowest BCUT2D eigenvalue weighted by Gasteiger charge is -2.34. The van der Waals surface area contributed by atoms with Gasteiger partial charge >= 0.3 is 6.18 Å². The molecule has 2 N–H and O–H groups in total. The number of halogens is 3. The summed E-state index contributed by atoms with van der Waals surface area (Å²) in [6.45, 7) is 0.447. The second-order valence-corrected chi connectivity index (χ2v) is 6.62. The van der Waals surface area contributed by atoms with Gasteiger partial charge in [-0.2, -0.15) is 13.2 Å². The Hall–Kier alpha value is -0.290. The van der Waals surface area contributed by atoms with Gasteiger partial charge in [0.2, 0.25) is 0 Å². The molecule has 2 aliphatic carbocycles. The topological polar surface area (TPSA) is 32.3 Å². The van der Waals surface area contributed by atoms with Crippen LogP contribution in [0.3, 0.4) is 0 Å². The van der Waals surface area contributed by atoms with Crippen LogP contribution >= 0.6 is 0 Å². The summed E-state index contributed by atoms with van der Waals surface area (Å²) < 4.78 is 38.3. The van der Waals surface area contributed by atoms with Gasteiger partial charge in [0.05, 0.1) is 11.5 Å². The van der Waals surface area contributed by atoms with E-state index in [0.29, 0.717) is 13.0 Å². The van der Waals surface area contributed by atoms with Gasteiger partial charge in [-0.3, -0.25) is 0 Å². The van der Waals surface area contributed by atoms with Crippen molar-refractivity contribution in [3.63, 3.8) is 0 Å². The molecule has 2 aliphatic rings. The Morgan fingerprint density at radius 2 is 1.65 bits per heavy atom. The Bertz CT molecular complexity index is 298. The van der Waals surface area contributed by atoms with E-state index in [1.807, 2.05) is 0 Å². The van der Waals surface area contributed by atoms with Crippen molar-refractivity contribution in [2.24, 2.45) is 5.92 Å². The zero-order valence-electron chi connectivity index (χ0n) is 12.0. The van der Waals surface area contributed by atoms with E-state index in [0.717, 1.165) is 44.9 Å². The van der Waals surface area contributed by atoms with Crippen LogP contribution in [0.1, 0.15) is 64.2 Å². The predicted molar refractivity (Wildman–Crippen MR) is 72.5 cm³/mol. The van der Waals surface area contributed by atoms with Crippen molar-refractivity contribution >= 4 is 0 Å². The van der Waals surface area contributed by atoms with Crippen LogP contribution in [0.15, 0.2) is 0 Å². The van der Waals surface area contributed by atoms with Crippen LogP contribution in [-0.4, -0.2) is 29.5 Å². The number of nitrogens with one attached hydrogen (secondary N) is 1. The van der Waals surface area contributed by atoms with Gasteiger partial charge in [-0.1, -0.05) is 32.1 Å². The molecule has 0 radical (unpaired) electrons. The second kappa shape index (κ2) is 6.65. The van der Waals surface area contributed by atoms with Gasteiger partial charge < -0.3 is 10.4 Å². The number of hydrogen-bond acceptors (Lipinski definition) is 2. The minimum atomic E-state index is -4.07. The third kappa shape index (κ3) is 4.62. The van der Waals surface area contributed by atoms with Crippen molar-refractivity contribution < 1.29 is 18.3 Å². The number of rotatable bonds is 3. The van der Waals surface area contributed by atoms with E-state index >= 15 is 0 Å². The molecule has 0 bridgehead atoms. The van der Waals surface area contributed by atoms with Crippen LogP contribution in [-0.2, 0) is 0 Å². The zero-order chi connectivity index (χ0) is 14.6. The van der Waals surface area contributed by atoms with Crippen molar-refractivity contribution in [2.45, 2.75) is 82.0 Å². The predicted octanol–water partition coefficient (Wildman–Crippen LogP) is 3.78. The van der Waals surface area contributed by atoms with Gasteiger partial charge in [-0.05, 0) is 32.1 Å². The summed E-state index contributed by atoms with van der Waals surface area (Å²) in [7, 11) is 0. The van der Waals surface area contributed by atoms with Gasteiger partial charge in [0.25, 0.3) is 0 Å². The van der Waals surface area contributed by atoms with Gasteiger partial charge in [-0.15, -0.1) is 0 Å². The Labute approximate surface area is 119 Å². The van der Waals surface area contributed by atoms with E-state index in [2.05, 4.69) is 5.32 Å². The van der Waals surface area contributed by atoms with Crippen molar-refractivity contribution in [3.8, 4) is 0 Å².